The van der Waals surface area contributed by atoms with Crippen molar-refractivity contribution in [1.29, 1.82) is 0 Å². The van der Waals surface area contributed by atoms with Gasteiger partial charge in [-0.1, -0.05) is 6.92 Å². The monoisotopic (exact) mass is 258 g/mol. The lowest BCUT2D eigenvalue weighted by Gasteiger charge is -2.19. The van der Waals surface area contributed by atoms with Gasteiger partial charge in [0.1, 0.15) is 0 Å². The van der Waals surface area contributed by atoms with Crippen molar-refractivity contribution in [2.24, 2.45) is 0 Å². The first-order valence-electron chi connectivity index (χ1n) is 6.03. The molecule has 0 atom stereocenters. The van der Waals surface area contributed by atoms with Crippen LogP contribution >= 0.6 is 11.8 Å². The second-order valence-corrected chi connectivity index (χ2v) is 5.41. The molecule has 0 spiro atoms. The molecule has 2 N–H and O–H groups in total. The van der Waals surface area contributed by atoms with E-state index in [4.69, 9.17) is 5.73 Å². The molecule has 2 aromatic rings. The lowest BCUT2D eigenvalue weighted by Crippen LogP contribution is -2.09. The fourth-order valence-electron chi connectivity index (χ4n) is 1.78. The van der Waals surface area contributed by atoms with E-state index >= 15 is 0 Å². The first-order chi connectivity index (χ1) is 8.70. The van der Waals surface area contributed by atoms with E-state index in [2.05, 4.69) is 43.1 Å². The largest absolute Gasteiger partial charge is 0.399 e. The molecule has 0 bridgehead atoms. The van der Waals surface area contributed by atoms with Gasteiger partial charge in [0, 0.05) is 29.0 Å². The Balaban J connectivity index is 2.17. The van der Waals surface area contributed by atoms with Gasteiger partial charge in [-0.3, -0.25) is 0 Å². The van der Waals surface area contributed by atoms with E-state index in [9.17, 15) is 0 Å². The molecular formula is C15H18N2S. The molecule has 18 heavy (non-hydrogen) atoms. The zero-order valence-electron chi connectivity index (χ0n) is 10.8. The summed E-state index contributed by atoms with van der Waals surface area (Å²) in [6, 6.07) is 16.5. The Morgan fingerprint density at radius 3 is 1.94 bits per heavy atom. The standard InChI is InChI=1S/C15H18N2S/c1-3-18-15-10-8-14(9-11-15)17(2)13-6-4-12(16)5-7-13/h4-11H,3,16H2,1-2H3. The predicted molar refractivity (Wildman–Crippen MR) is 81.8 cm³/mol. The third-order valence-electron chi connectivity index (χ3n) is 2.82. The van der Waals surface area contributed by atoms with Crippen molar-refractivity contribution in [3.63, 3.8) is 0 Å². The Hall–Kier alpha value is -1.61. The highest BCUT2D eigenvalue weighted by Crippen LogP contribution is 2.26. The van der Waals surface area contributed by atoms with Crippen molar-refractivity contribution < 1.29 is 0 Å². The van der Waals surface area contributed by atoms with Crippen LogP contribution < -0.4 is 10.6 Å². The fourth-order valence-corrected chi connectivity index (χ4v) is 2.44. The molecular weight excluding hydrogens is 240 g/mol. The summed E-state index contributed by atoms with van der Waals surface area (Å²) in [5.41, 5.74) is 8.81. The van der Waals surface area contributed by atoms with Crippen molar-refractivity contribution in [2.75, 3.05) is 23.4 Å². The SMILES string of the molecule is CCSc1ccc(N(C)c2ccc(N)cc2)cc1. The normalized spacial score (nSPS) is 10.3. The van der Waals surface area contributed by atoms with Gasteiger partial charge in [0.2, 0.25) is 0 Å². The molecule has 0 aliphatic carbocycles. The third-order valence-corrected chi connectivity index (χ3v) is 3.71. The second-order valence-electron chi connectivity index (χ2n) is 4.08. The molecule has 0 aliphatic rings. The molecule has 0 unspecified atom stereocenters. The molecule has 2 rings (SSSR count). The number of anilines is 3. The zero-order chi connectivity index (χ0) is 13.0. The van der Waals surface area contributed by atoms with Gasteiger partial charge in [0.25, 0.3) is 0 Å². The van der Waals surface area contributed by atoms with E-state index < -0.39 is 0 Å². The number of hydrogen-bond donors (Lipinski definition) is 1. The Labute approximate surface area is 113 Å². The molecule has 0 heterocycles. The average molecular weight is 258 g/mol. The average Bonchev–Trinajstić information content (AvgIpc) is 2.40. The molecule has 0 saturated heterocycles. The van der Waals surface area contributed by atoms with Crippen molar-refractivity contribution in [2.45, 2.75) is 11.8 Å². The van der Waals surface area contributed by atoms with E-state index in [1.807, 2.05) is 36.0 Å². The van der Waals surface area contributed by atoms with Crippen molar-refractivity contribution in [3.05, 3.63) is 48.5 Å². The van der Waals surface area contributed by atoms with Gasteiger partial charge in [-0.05, 0) is 54.3 Å². The van der Waals surface area contributed by atoms with Gasteiger partial charge >= 0.3 is 0 Å². The van der Waals surface area contributed by atoms with Crippen molar-refractivity contribution in [1.82, 2.24) is 0 Å². The van der Waals surface area contributed by atoms with Crippen LogP contribution in [0.25, 0.3) is 0 Å². The molecule has 3 heteroatoms. The minimum absolute atomic E-state index is 0.793. The molecule has 0 amide bonds. The zero-order valence-corrected chi connectivity index (χ0v) is 11.6. The maximum Gasteiger partial charge on any atom is 0.0409 e. The van der Waals surface area contributed by atoms with E-state index in [0.717, 1.165) is 17.1 Å². The highest BCUT2D eigenvalue weighted by molar-refractivity contribution is 7.99. The summed E-state index contributed by atoms with van der Waals surface area (Å²) < 4.78 is 0. The highest BCUT2D eigenvalue weighted by atomic mass is 32.2. The summed E-state index contributed by atoms with van der Waals surface area (Å²) in [4.78, 5) is 3.46. The van der Waals surface area contributed by atoms with Crippen LogP contribution in [0.5, 0.6) is 0 Å². The first-order valence-corrected chi connectivity index (χ1v) is 7.01. The van der Waals surface area contributed by atoms with Crippen LogP contribution in [-0.4, -0.2) is 12.8 Å². The molecule has 94 valence electrons. The topological polar surface area (TPSA) is 29.3 Å². The van der Waals surface area contributed by atoms with Crippen LogP contribution in [-0.2, 0) is 0 Å². The Bertz CT molecular complexity index is 491. The van der Waals surface area contributed by atoms with Crippen molar-refractivity contribution >= 4 is 28.8 Å². The van der Waals surface area contributed by atoms with Crippen LogP contribution in [0.15, 0.2) is 53.4 Å². The van der Waals surface area contributed by atoms with Crippen LogP contribution in [0.3, 0.4) is 0 Å². The van der Waals surface area contributed by atoms with Gasteiger partial charge in [-0.25, -0.2) is 0 Å². The lowest BCUT2D eigenvalue weighted by atomic mass is 10.2. The molecule has 0 radical (unpaired) electrons. The summed E-state index contributed by atoms with van der Waals surface area (Å²) in [6.07, 6.45) is 0. The Morgan fingerprint density at radius 1 is 0.944 bits per heavy atom. The summed E-state index contributed by atoms with van der Waals surface area (Å²) in [5, 5.41) is 0. The number of benzene rings is 2. The molecule has 2 aromatic carbocycles. The number of hydrogen-bond acceptors (Lipinski definition) is 3. The second kappa shape index (κ2) is 5.83. The van der Waals surface area contributed by atoms with Gasteiger partial charge in [-0.2, -0.15) is 0 Å². The smallest absolute Gasteiger partial charge is 0.0409 e. The first kappa shape index (κ1) is 12.8. The Morgan fingerprint density at radius 2 is 1.44 bits per heavy atom. The van der Waals surface area contributed by atoms with E-state index in [1.54, 1.807) is 0 Å². The van der Waals surface area contributed by atoms with Crippen LogP contribution in [0.1, 0.15) is 6.92 Å². The van der Waals surface area contributed by atoms with E-state index in [-0.39, 0.29) is 0 Å². The minimum atomic E-state index is 0.793. The predicted octanol–water partition coefficient (Wildman–Crippen LogP) is 4.15. The quantitative estimate of drug-likeness (QED) is 0.660. The number of nitrogen functional groups attached to an aromatic ring is 1. The fraction of sp³-hybridized carbons (Fsp3) is 0.200. The number of rotatable bonds is 4. The van der Waals surface area contributed by atoms with Gasteiger partial charge in [0.05, 0.1) is 0 Å². The summed E-state index contributed by atoms with van der Waals surface area (Å²) in [7, 11) is 2.06. The highest BCUT2D eigenvalue weighted by Gasteiger charge is 2.03. The number of nitrogens with two attached hydrogens (primary N) is 1. The van der Waals surface area contributed by atoms with Gasteiger partial charge < -0.3 is 10.6 Å². The minimum Gasteiger partial charge on any atom is -0.399 e. The molecule has 2 nitrogen and oxygen atoms in total. The van der Waals surface area contributed by atoms with E-state index in [1.165, 1.54) is 10.6 Å². The summed E-state index contributed by atoms with van der Waals surface area (Å²) in [6.45, 7) is 2.17. The summed E-state index contributed by atoms with van der Waals surface area (Å²) >= 11 is 1.86. The lowest BCUT2D eigenvalue weighted by molar-refractivity contribution is 1.20. The van der Waals surface area contributed by atoms with Crippen LogP contribution in [0.2, 0.25) is 0 Å². The van der Waals surface area contributed by atoms with Crippen LogP contribution in [0.4, 0.5) is 17.1 Å². The molecule has 0 saturated carbocycles. The number of nitrogens with zero attached hydrogens (tertiary/aromatic N) is 1. The maximum absolute atomic E-state index is 5.70. The molecule has 0 aliphatic heterocycles. The molecule has 0 fully saturated rings. The van der Waals surface area contributed by atoms with E-state index in [0.29, 0.717) is 0 Å². The van der Waals surface area contributed by atoms with Crippen molar-refractivity contribution in [3.8, 4) is 0 Å². The maximum atomic E-state index is 5.70. The van der Waals surface area contributed by atoms with Gasteiger partial charge in [0.15, 0.2) is 0 Å². The Kier molecular flexibility index (Phi) is 4.15. The third kappa shape index (κ3) is 2.99. The van der Waals surface area contributed by atoms with Crippen LogP contribution in [0, 0.1) is 0 Å². The number of thioether (sulfide) groups is 1. The summed E-state index contributed by atoms with van der Waals surface area (Å²) in [5.74, 6) is 1.10. The van der Waals surface area contributed by atoms with Gasteiger partial charge in [-0.15, -0.1) is 11.8 Å². The molecule has 0 aromatic heterocycles.